The molecule has 0 saturated carbocycles. The summed E-state index contributed by atoms with van der Waals surface area (Å²) in [4.78, 5) is 2.42. The fourth-order valence-electron chi connectivity index (χ4n) is 7.95. The molecule has 0 radical (unpaired) electrons. The highest BCUT2D eigenvalue weighted by Crippen LogP contribution is 2.58. The molecule has 50 heavy (non-hydrogen) atoms. The molecular formula is C49H35N. The minimum absolute atomic E-state index is 0.481. The SMILES string of the molecule is c1ccc(-c2ccc(N(c3ccccc3)c3cc4c(cc3-c3ccccc3)C(c3ccccc3)(c3ccccc3)c3ccccc3-4)cc2)cc1. The van der Waals surface area contributed by atoms with Crippen LogP contribution in [0, 0.1) is 0 Å². The van der Waals surface area contributed by atoms with E-state index in [2.05, 4.69) is 217 Å². The monoisotopic (exact) mass is 637 g/mol. The number of nitrogens with zero attached hydrogens (tertiary/aromatic N) is 1. The van der Waals surface area contributed by atoms with Gasteiger partial charge in [0.05, 0.1) is 11.1 Å². The van der Waals surface area contributed by atoms with E-state index in [0.29, 0.717) is 0 Å². The highest BCUT2D eigenvalue weighted by atomic mass is 15.1. The summed E-state index contributed by atoms with van der Waals surface area (Å²) in [7, 11) is 0. The van der Waals surface area contributed by atoms with E-state index in [1.54, 1.807) is 0 Å². The van der Waals surface area contributed by atoms with Gasteiger partial charge in [-0.1, -0.05) is 176 Å². The van der Waals surface area contributed by atoms with E-state index in [-0.39, 0.29) is 0 Å². The molecule has 0 atom stereocenters. The Kier molecular flexibility index (Phi) is 7.44. The van der Waals surface area contributed by atoms with Crippen molar-refractivity contribution in [1.82, 2.24) is 0 Å². The van der Waals surface area contributed by atoms with E-state index in [0.717, 1.165) is 17.1 Å². The predicted molar refractivity (Wildman–Crippen MR) is 209 cm³/mol. The fourth-order valence-corrected chi connectivity index (χ4v) is 7.95. The van der Waals surface area contributed by atoms with E-state index in [9.17, 15) is 0 Å². The number of benzene rings is 8. The molecule has 236 valence electrons. The van der Waals surface area contributed by atoms with Gasteiger partial charge in [0, 0.05) is 16.9 Å². The lowest BCUT2D eigenvalue weighted by molar-refractivity contribution is 0.769. The van der Waals surface area contributed by atoms with Gasteiger partial charge in [-0.25, -0.2) is 0 Å². The van der Waals surface area contributed by atoms with Crippen LogP contribution in [0.1, 0.15) is 22.3 Å². The Bertz CT molecular complexity index is 2340. The van der Waals surface area contributed by atoms with Gasteiger partial charge in [0.25, 0.3) is 0 Å². The largest absolute Gasteiger partial charge is 0.310 e. The highest BCUT2D eigenvalue weighted by Gasteiger charge is 2.46. The molecule has 0 saturated heterocycles. The standard InChI is InChI=1S/C49H35N/c1-6-18-36(19-7-1)37-30-32-42(33-31-37)50(41-26-14-5-15-27-41)48-35-45-43-28-16-17-29-46(43)49(39-22-10-3-11-23-39,40-24-12-4-13-25-40)47(45)34-44(48)38-20-8-2-9-21-38/h1-35H. The Balaban J connectivity index is 1.35. The van der Waals surface area contributed by atoms with Gasteiger partial charge in [0.1, 0.15) is 0 Å². The third kappa shape index (κ3) is 4.86. The summed E-state index contributed by atoms with van der Waals surface area (Å²) >= 11 is 0. The van der Waals surface area contributed by atoms with E-state index in [1.165, 1.54) is 55.6 Å². The molecule has 0 aliphatic heterocycles. The molecule has 1 heteroatoms. The molecular weight excluding hydrogens is 603 g/mol. The Hall–Kier alpha value is -6.44. The smallest absolute Gasteiger partial charge is 0.0713 e. The van der Waals surface area contributed by atoms with Gasteiger partial charge in [-0.2, -0.15) is 0 Å². The molecule has 1 aliphatic carbocycles. The highest BCUT2D eigenvalue weighted by molar-refractivity contribution is 5.96. The number of hydrogen-bond acceptors (Lipinski definition) is 1. The Morgan fingerprint density at radius 2 is 0.760 bits per heavy atom. The molecule has 1 nitrogen and oxygen atoms in total. The lowest BCUT2D eigenvalue weighted by atomic mass is 9.67. The van der Waals surface area contributed by atoms with Crippen LogP contribution in [0.2, 0.25) is 0 Å². The van der Waals surface area contributed by atoms with Crippen molar-refractivity contribution in [2.45, 2.75) is 5.41 Å². The van der Waals surface area contributed by atoms with E-state index in [4.69, 9.17) is 0 Å². The summed E-state index contributed by atoms with van der Waals surface area (Å²) in [5.41, 5.74) is 15.3. The zero-order valence-corrected chi connectivity index (χ0v) is 27.7. The number of rotatable bonds is 7. The van der Waals surface area contributed by atoms with Gasteiger partial charge in [-0.15, -0.1) is 0 Å². The first-order valence-electron chi connectivity index (χ1n) is 17.3. The fraction of sp³-hybridized carbons (Fsp3) is 0.0204. The molecule has 9 rings (SSSR count). The molecule has 8 aromatic carbocycles. The lowest BCUT2D eigenvalue weighted by Crippen LogP contribution is -2.28. The molecule has 0 aromatic heterocycles. The van der Waals surface area contributed by atoms with Crippen LogP contribution >= 0.6 is 0 Å². The summed E-state index contributed by atoms with van der Waals surface area (Å²) in [6, 6.07) is 77.2. The normalized spacial score (nSPS) is 12.6. The van der Waals surface area contributed by atoms with Crippen LogP contribution in [0.15, 0.2) is 212 Å². The van der Waals surface area contributed by atoms with Crippen LogP contribution in [-0.4, -0.2) is 0 Å². The zero-order chi connectivity index (χ0) is 33.3. The van der Waals surface area contributed by atoms with Crippen LogP contribution < -0.4 is 4.90 Å². The van der Waals surface area contributed by atoms with Gasteiger partial charge in [-0.3, -0.25) is 0 Å². The van der Waals surface area contributed by atoms with E-state index >= 15 is 0 Å². The summed E-state index contributed by atoms with van der Waals surface area (Å²) in [6.07, 6.45) is 0. The molecule has 0 fully saturated rings. The van der Waals surface area contributed by atoms with Crippen molar-refractivity contribution >= 4 is 17.1 Å². The van der Waals surface area contributed by atoms with Crippen LogP contribution in [0.4, 0.5) is 17.1 Å². The van der Waals surface area contributed by atoms with Crippen molar-refractivity contribution in [3.63, 3.8) is 0 Å². The van der Waals surface area contributed by atoms with Gasteiger partial charge in [0.2, 0.25) is 0 Å². The van der Waals surface area contributed by atoms with Crippen molar-refractivity contribution in [3.8, 4) is 33.4 Å². The molecule has 0 N–H and O–H groups in total. The average molecular weight is 638 g/mol. The molecule has 0 amide bonds. The van der Waals surface area contributed by atoms with Gasteiger partial charge >= 0.3 is 0 Å². The van der Waals surface area contributed by atoms with Crippen LogP contribution in [-0.2, 0) is 5.41 Å². The average Bonchev–Trinajstić information content (AvgIpc) is 3.50. The minimum Gasteiger partial charge on any atom is -0.310 e. The Morgan fingerprint density at radius 1 is 0.300 bits per heavy atom. The Morgan fingerprint density at radius 3 is 1.36 bits per heavy atom. The van der Waals surface area contributed by atoms with Crippen molar-refractivity contribution in [1.29, 1.82) is 0 Å². The minimum atomic E-state index is -0.481. The molecule has 0 spiro atoms. The van der Waals surface area contributed by atoms with Crippen LogP contribution in [0.3, 0.4) is 0 Å². The zero-order valence-electron chi connectivity index (χ0n) is 27.7. The maximum atomic E-state index is 2.48. The molecule has 1 aliphatic rings. The van der Waals surface area contributed by atoms with Crippen molar-refractivity contribution in [2.75, 3.05) is 4.90 Å². The van der Waals surface area contributed by atoms with Crippen LogP contribution in [0.5, 0.6) is 0 Å². The summed E-state index contributed by atoms with van der Waals surface area (Å²) in [6.45, 7) is 0. The maximum Gasteiger partial charge on any atom is 0.0713 e. The molecule has 8 aromatic rings. The second-order valence-electron chi connectivity index (χ2n) is 12.9. The predicted octanol–water partition coefficient (Wildman–Crippen LogP) is 12.9. The van der Waals surface area contributed by atoms with Crippen LogP contribution in [0.25, 0.3) is 33.4 Å². The van der Waals surface area contributed by atoms with Gasteiger partial charge in [0.15, 0.2) is 0 Å². The van der Waals surface area contributed by atoms with Gasteiger partial charge in [-0.05, 0) is 86.5 Å². The first-order valence-corrected chi connectivity index (χ1v) is 17.3. The number of anilines is 3. The second-order valence-corrected chi connectivity index (χ2v) is 12.9. The van der Waals surface area contributed by atoms with E-state index < -0.39 is 5.41 Å². The van der Waals surface area contributed by atoms with Gasteiger partial charge < -0.3 is 4.90 Å². The quantitative estimate of drug-likeness (QED) is 0.168. The Labute approximate surface area is 294 Å². The first kappa shape index (κ1) is 29.7. The molecule has 0 heterocycles. The topological polar surface area (TPSA) is 3.24 Å². The number of hydrogen-bond donors (Lipinski definition) is 0. The van der Waals surface area contributed by atoms with Crippen molar-refractivity contribution in [3.05, 3.63) is 235 Å². The second kappa shape index (κ2) is 12.5. The lowest BCUT2D eigenvalue weighted by Gasteiger charge is -2.35. The number of para-hydroxylation sites is 1. The number of fused-ring (bicyclic) bond motifs is 3. The molecule has 0 bridgehead atoms. The van der Waals surface area contributed by atoms with Crippen molar-refractivity contribution in [2.24, 2.45) is 0 Å². The maximum absolute atomic E-state index is 2.48. The first-order chi connectivity index (χ1) is 24.8. The van der Waals surface area contributed by atoms with Crippen molar-refractivity contribution < 1.29 is 0 Å². The third-order valence-electron chi connectivity index (χ3n) is 10.1. The summed E-state index contributed by atoms with van der Waals surface area (Å²) < 4.78 is 0. The van der Waals surface area contributed by atoms with E-state index in [1.807, 2.05) is 0 Å². The third-order valence-corrected chi connectivity index (χ3v) is 10.1. The molecule has 0 unspecified atom stereocenters. The summed E-state index contributed by atoms with van der Waals surface area (Å²) in [5.74, 6) is 0. The summed E-state index contributed by atoms with van der Waals surface area (Å²) in [5, 5.41) is 0.